The van der Waals surface area contributed by atoms with Gasteiger partial charge in [0.05, 0.1) is 13.2 Å². The number of hydrogen-bond donors (Lipinski definition) is 1. The first-order valence-corrected chi connectivity index (χ1v) is 7.20. The summed E-state index contributed by atoms with van der Waals surface area (Å²) >= 11 is 1.54. The number of nitrogens with two attached hydrogens (primary N) is 1. The molecule has 0 atom stereocenters. The zero-order chi connectivity index (χ0) is 13.5. The second-order valence-corrected chi connectivity index (χ2v) is 4.83. The van der Waals surface area contributed by atoms with Crippen molar-refractivity contribution in [3.8, 4) is 0 Å². The molecule has 102 valence electrons. The van der Waals surface area contributed by atoms with E-state index in [-0.39, 0.29) is 0 Å². The predicted octanol–water partition coefficient (Wildman–Crippen LogP) is 2.02. The zero-order valence-corrected chi connectivity index (χ0v) is 11.8. The van der Waals surface area contributed by atoms with Gasteiger partial charge < -0.3 is 15.0 Å². The maximum absolute atomic E-state index is 5.62. The molecule has 6 heteroatoms. The van der Waals surface area contributed by atoms with Crippen LogP contribution < -0.4 is 5.73 Å². The topological polar surface area (TPSA) is 66.0 Å². The van der Waals surface area contributed by atoms with E-state index in [0.717, 1.165) is 17.5 Å². The van der Waals surface area contributed by atoms with Gasteiger partial charge in [0.2, 0.25) is 0 Å². The van der Waals surface area contributed by atoms with Crippen molar-refractivity contribution in [2.45, 2.75) is 31.8 Å². The fourth-order valence-corrected chi connectivity index (χ4v) is 2.48. The molecular weight excluding hydrogens is 260 g/mol. The maximum Gasteiger partial charge on any atom is 0.193 e. The highest BCUT2D eigenvalue weighted by molar-refractivity contribution is 7.99. The zero-order valence-electron chi connectivity index (χ0n) is 11.0. The summed E-state index contributed by atoms with van der Waals surface area (Å²) in [5.41, 5.74) is 6.78. The highest BCUT2D eigenvalue weighted by atomic mass is 32.2. The van der Waals surface area contributed by atoms with Crippen LogP contribution in [0.1, 0.15) is 18.3 Å². The van der Waals surface area contributed by atoms with Gasteiger partial charge in [-0.25, -0.2) is 0 Å². The summed E-state index contributed by atoms with van der Waals surface area (Å²) in [6, 6.07) is 10.1. The summed E-state index contributed by atoms with van der Waals surface area (Å²) < 4.78 is 7.63. The first-order valence-electron chi connectivity index (χ1n) is 6.21. The quantitative estimate of drug-likeness (QED) is 0.477. The van der Waals surface area contributed by atoms with Gasteiger partial charge in [0, 0.05) is 6.54 Å². The van der Waals surface area contributed by atoms with Crippen LogP contribution in [0.4, 0.5) is 0 Å². The van der Waals surface area contributed by atoms with Crippen molar-refractivity contribution in [1.82, 2.24) is 14.8 Å². The molecule has 0 fully saturated rings. The Labute approximate surface area is 117 Å². The minimum atomic E-state index is 0.409. The van der Waals surface area contributed by atoms with Gasteiger partial charge in [-0.05, 0) is 12.5 Å². The second-order valence-electron chi connectivity index (χ2n) is 3.94. The lowest BCUT2D eigenvalue weighted by Gasteiger charge is -2.06. The molecule has 5 nitrogen and oxygen atoms in total. The standard InChI is InChI=1S/C13H18N4OS/c1-2-17-12(8-14)15-16-13(17)19-10-18-9-11-6-4-3-5-7-11/h3-7H,2,8-10,14H2,1H3. The van der Waals surface area contributed by atoms with E-state index in [1.54, 1.807) is 0 Å². The molecule has 0 spiro atoms. The van der Waals surface area contributed by atoms with Crippen LogP contribution in [0.2, 0.25) is 0 Å². The Kier molecular flexibility index (Phi) is 5.38. The molecule has 0 saturated heterocycles. The molecule has 0 unspecified atom stereocenters. The fraction of sp³-hybridized carbons (Fsp3) is 0.385. The second kappa shape index (κ2) is 7.28. The lowest BCUT2D eigenvalue weighted by atomic mass is 10.2. The first-order chi connectivity index (χ1) is 9.35. The van der Waals surface area contributed by atoms with Crippen molar-refractivity contribution >= 4 is 11.8 Å². The van der Waals surface area contributed by atoms with E-state index in [1.807, 2.05) is 34.9 Å². The molecule has 1 heterocycles. The number of rotatable bonds is 7. The minimum absolute atomic E-state index is 0.409. The maximum atomic E-state index is 5.62. The summed E-state index contributed by atoms with van der Waals surface area (Å²) in [5.74, 6) is 1.37. The van der Waals surface area contributed by atoms with Crippen LogP contribution in [-0.4, -0.2) is 20.7 Å². The summed E-state index contributed by atoms with van der Waals surface area (Å²) in [6.45, 7) is 3.89. The van der Waals surface area contributed by atoms with E-state index in [2.05, 4.69) is 17.1 Å². The molecule has 2 rings (SSSR count). The minimum Gasteiger partial charge on any atom is -0.366 e. The number of thioether (sulfide) groups is 1. The summed E-state index contributed by atoms with van der Waals surface area (Å²) in [7, 11) is 0. The molecular formula is C13H18N4OS. The van der Waals surface area contributed by atoms with Gasteiger partial charge in [-0.15, -0.1) is 10.2 Å². The number of benzene rings is 1. The Balaban J connectivity index is 1.81. The van der Waals surface area contributed by atoms with Crippen LogP contribution in [0.25, 0.3) is 0 Å². The van der Waals surface area contributed by atoms with Gasteiger partial charge in [0.15, 0.2) is 5.16 Å². The molecule has 19 heavy (non-hydrogen) atoms. The van der Waals surface area contributed by atoms with E-state index in [1.165, 1.54) is 17.3 Å². The van der Waals surface area contributed by atoms with Crippen molar-refractivity contribution < 1.29 is 4.74 Å². The average molecular weight is 278 g/mol. The third-order valence-electron chi connectivity index (χ3n) is 2.68. The van der Waals surface area contributed by atoms with Crippen LogP contribution in [0, 0.1) is 0 Å². The number of aromatic nitrogens is 3. The lowest BCUT2D eigenvalue weighted by molar-refractivity contribution is 0.169. The number of hydrogen-bond acceptors (Lipinski definition) is 5. The van der Waals surface area contributed by atoms with Crippen LogP contribution in [0.3, 0.4) is 0 Å². The highest BCUT2D eigenvalue weighted by Crippen LogP contribution is 2.17. The third-order valence-corrected chi connectivity index (χ3v) is 3.52. The van der Waals surface area contributed by atoms with Crippen LogP contribution in [-0.2, 0) is 24.4 Å². The van der Waals surface area contributed by atoms with E-state index >= 15 is 0 Å². The molecule has 0 saturated carbocycles. The molecule has 0 aliphatic heterocycles. The van der Waals surface area contributed by atoms with Gasteiger partial charge in [-0.1, -0.05) is 42.1 Å². The van der Waals surface area contributed by atoms with Gasteiger partial charge in [-0.3, -0.25) is 0 Å². The van der Waals surface area contributed by atoms with E-state index < -0.39 is 0 Å². The first kappa shape index (κ1) is 14.0. The SMILES string of the molecule is CCn1c(CN)nnc1SCOCc1ccccc1. The number of nitrogens with zero attached hydrogens (tertiary/aromatic N) is 3. The van der Waals surface area contributed by atoms with Gasteiger partial charge >= 0.3 is 0 Å². The molecule has 0 bridgehead atoms. The normalized spacial score (nSPS) is 10.8. The largest absolute Gasteiger partial charge is 0.366 e. The summed E-state index contributed by atoms with van der Waals surface area (Å²) in [4.78, 5) is 0. The lowest BCUT2D eigenvalue weighted by Crippen LogP contribution is -2.08. The van der Waals surface area contributed by atoms with E-state index in [4.69, 9.17) is 10.5 Å². The molecule has 1 aromatic carbocycles. The molecule has 2 aromatic rings. The Bertz CT molecular complexity index is 501. The monoisotopic (exact) mass is 278 g/mol. The molecule has 0 aliphatic rings. The van der Waals surface area contributed by atoms with Crippen molar-refractivity contribution in [2.24, 2.45) is 5.73 Å². The van der Waals surface area contributed by atoms with Gasteiger partial charge in [0.1, 0.15) is 11.8 Å². The highest BCUT2D eigenvalue weighted by Gasteiger charge is 2.09. The third kappa shape index (κ3) is 3.79. The Morgan fingerprint density at radius 2 is 2.05 bits per heavy atom. The van der Waals surface area contributed by atoms with Gasteiger partial charge in [-0.2, -0.15) is 0 Å². The number of ether oxygens (including phenoxy) is 1. The van der Waals surface area contributed by atoms with E-state index in [0.29, 0.717) is 19.1 Å². The molecule has 0 aliphatic carbocycles. The van der Waals surface area contributed by atoms with E-state index in [9.17, 15) is 0 Å². The molecule has 0 amide bonds. The fourth-order valence-electron chi connectivity index (χ4n) is 1.72. The van der Waals surface area contributed by atoms with Crippen LogP contribution in [0.5, 0.6) is 0 Å². The Hall–Kier alpha value is -1.37. The molecule has 2 N–H and O–H groups in total. The van der Waals surface area contributed by atoms with Crippen molar-refractivity contribution in [2.75, 3.05) is 5.94 Å². The average Bonchev–Trinajstić information content (AvgIpc) is 2.86. The molecule has 1 aromatic heterocycles. The van der Waals surface area contributed by atoms with Crippen LogP contribution in [0.15, 0.2) is 35.5 Å². The summed E-state index contributed by atoms with van der Waals surface area (Å²) in [6.07, 6.45) is 0. The smallest absolute Gasteiger partial charge is 0.193 e. The summed E-state index contributed by atoms with van der Waals surface area (Å²) in [5, 5.41) is 9.03. The Morgan fingerprint density at radius 1 is 1.26 bits per heavy atom. The van der Waals surface area contributed by atoms with Crippen molar-refractivity contribution in [1.29, 1.82) is 0 Å². The Morgan fingerprint density at radius 3 is 2.74 bits per heavy atom. The van der Waals surface area contributed by atoms with Gasteiger partial charge in [0.25, 0.3) is 0 Å². The van der Waals surface area contributed by atoms with Crippen LogP contribution >= 0.6 is 11.8 Å². The van der Waals surface area contributed by atoms with Crippen molar-refractivity contribution in [3.05, 3.63) is 41.7 Å². The molecule has 0 radical (unpaired) electrons. The van der Waals surface area contributed by atoms with Crippen molar-refractivity contribution in [3.63, 3.8) is 0 Å². The predicted molar refractivity (Wildman–Crippen MR) is 75.5 cm³/mol.